The fourth-order valence-electron chi connectivity index (χ4n) is 1.40. The second kappa shape index (κ2) is 4.32. The lowest BCUT2D eigenvalue weighted by Crippen LogP contribution is -2.15. The average Bonchev–Trinajstić information content (AvgIpc) is 2.32. The Morgan fingerprint density at radius 3 is 2.69 bits per heavy atom. The molecule has 1 atom stereocenters. The summed E-state index contributed by atoms with van der Waals surface area (Å²) in [7, 11) is 0. The molecule has 1 aromatic carbocycles. The zero-order chi connectivity index (χ0) is 11.5. The van der Waals surface area contributed by atoms with Gasteiger partial charge in [0.15, 0.2) is 0 Å². The van der Waals surface area contributed by atoms with E-state index in [4.69, 9.17) is 5.73 Å². The molecule has 2 N–H and O–H groups in total. The summed E-state index contributed by atoms with van der Waals surface area (Å²) in [6, 6.07) is 3.94. The molecule has 82 valence electrons. The Morgan fingerprint density at radius 1 is 1.19 bits per heavy atom. The van der Waals surface area contributed by atoms with Gasteiger partial charge in [-0.1, -0.05) is 0 Å². The lowest BCUT2D eigenvalue weighted by atomic mass is 10.0. The molecule has 0 fully saturated rings. The molecule has 0 amide bonds. The normalized spacial score (nSPS) is 12.4. The maximum absolute atomic E-state index is 13.4. The third-order valence-corrected chi connectivity index (χ3v) is 2.22. The average molecular weight is 221 g/mol. The van der Waals surface area contributed by atoms with Crippen molar-refractivity contribution in [2.75, 3.05) is 0 Å². The molecule has 5 heteroatoms. The van der Waals surface area contributed by atoms with Crippen LogP contribution in [0.2, 0.25) is 0 Å². The highest BCUT2D eigenvalue weighted by molar-refractivity contribution is 5.28. The molecule has 0 bridgehead atoms. The number of aromatic nitrogens is 2. The summed E-state index contributed by atoms with van der Waals surface area (Å²) in [6.07, 6.45) is 2.81. The van der Waals surface area contributed by atoms with Gasteiger partial charge in [0.25, 0.3) is 0 Å². The summed E-state index contributed by atoms with van der Waals surface area (Å²) in [6.45, 7) is 0. The Morgan fingerprint density at radius 2 is 2.00 bits per heavy atom. The van der Waals surface area contributed by atoms with Crippen molar-refractivity contribution < 1.29 is 8.78 Å². The van der Waals surface area contributed by atoms with E-state index < -0.39 is 17.7 Å². The largest absolute Gasteiger partial charge is 0.319 e. The van der Waals surface area contributed by atoms with Crippen LogP contribution >= 0.6 is 0 Å². The first kappa shape index (κ1) is 10.6. The monoisotopic (exact) mass is 221 g/mol. The highest BCUT2D eigenvalue weighted by Crippen LogP contribution is 2.20. The molecular formula is C11H9F2N3. The molecule has 0 aliphatic rings. The fourth-order valence-corrected chi connectivity index (χ4v) is 1.40. The van der Waals surface area contributed by atoms with Gasteiger partial charge in [-0.15, -0.1) is 0 Å². The Labute approximate surface area is 91.0 Å². The first-order valence-corrected chi connectivity index (χ1v) is 4.65. The third-order valence-electron chi connectivity index (χ3n) is 2.22. The molecule has 0 radical (unpaired) electrons. The van der Waals surface area contributed by atoms with Crippen molar-refractivity contribution in [2.24, 2.45) is 5.73 Å². The van der Waals surface area contributed by atoms with E-state index in [1.54, 1.807) is 6.07 Å². The van der Waals surface area contributed by atoms with E-state index in [1.807, 2.05) is 0 Å². The van der Waals surface area contributed by atoms with Crippen LogP contribution in [0.3, 0.4) is 0 Å². The van der Waals surface area contributed by atoms with Crippen LogP contribution in [-0.4, -0.2) is 9.97 Å². The molecule has 1 heterocycles. The van der Waals surface area contributed by atoms with Crippen molar-refractivity contribution in [3.05, 3.63) is 59.7 Å². The minimum atomic E-state index is -0.793. The first-order valence-electron chi connectivity index (χ1n) is 4.65. The number of hydrogen-bond donors (Lipinski definition) is 1. The van der Waals surface area contributed by atoms with E-state index >= 15 is 0 Å². The van der Waals surface area contributed by atoms with Gasteiger partial charge >= 0.3 is 0 Å². The molecule has 2 rings (SSSR count). The van der Waals surface area contributed by atoms with Gasteiger partial charge in [-0.05, 0) is 24.3 Å². The minimum absolute atomic E-state index is 0.0821. The predicted molar refractivity (Wildman–Crippen MR) is 54.4 cm³/mol. The molecule has 0 saturated carbocycles. The number of nitrogens with two attached hydrogens (primary N) is 1. The number of hydrogen-bond acceptors (Lipinski definition) is 3. The molecule has 0 aliphatic carbocycles. The first-order chi connectivity index (χ1) is 7.68. The van der Waals surface area contributed by atoms with Crippen LogP contribution in [-0.2, 0) is 0 Å². The Bertz CT molecular complexity index is 488. The van der Waals surface area contributed by atoms with Gasteiger partial charge < -0.3 is 5.73 Å². The Hall–Kier alpha value is -1.88. The molecular weight excluding hydrogens is 212 g/mol. The van der Waals surface area contributed by atoms with Gasteiger partial charge in [0, 0.05) is 11.8 Å². The van der Waals surface area contributed by atoms with E-state index in [2.05, 4.69) is 9.97 Å². The van der Waals surface area contributed by atoms with Crippen molar-refractivity contribution >= 4 is 0 Å². The zero-order valence-electron chi connectivity index (χ0n) is 8.27. The maximum atomic E-state index is 13.4. The summed E-state index contributed by atoms with van der Waals surface area (Å²) >= 11 is 0. The van der Waals surface area contributed by atoms with Crippen LogP contribution in [0.4, 0.5) is 8.78 Å². The lowest BCUT2D eigenvalue weighted by molar-refractivity contribution is 0.574. The SMILES string of the molecule is NC(c1ccncn1)c1cc(F)ccc1F. The molecule has 2 aromatic rings. The number of benzene rings is 1. The van der Waals surface area contributed by atoms with Crippen molar-refractivity contribution in [3.63, 3.8) is 0 Å². The summed E-state index contributed by atoms with van der Waals surface area (Å²) in [5.41, 5.74) is 6.32. The highest BCUT2D eigenvalue weighted by Gasteiger charge is 2.15. The number of nitrogens with zero attached hydrogens (tertiary/aromatic N) is 2. The van der Waals surface area contributed by atoms with E-state index in [-0.39, 0.29) is 5.56 Å². The van der Waals surface area contributed by atoms with E-state index in [0.717, 1.165) is 18.2 Å². The molecule has 0 saturated heterocycles. The summed E-state index contributed by atoms with van der Waals surface area (Å²) in [5, 5.41) is 0. The molecule has 1 aromatic heterocycles. The molecule has 0 spiro atoms. The van der Waals surface area contributed by atoms with Crippen LogP contribution in [0.5, 0.6) is 0 Å². The van der Waals surface area contributed by atoms with Crippen molar-refractivity contribution in [2.45, 2.75) is 6.04 Å². The van der Waals surface area contributed by atoms with Crippen molar-refractivity contribution in [3.8, 4) is 0 Å². The van der Waals surface area contributed by atoms with Crippen LogP contribution in [0.15, 0.2) is 36.8 Å². The summed E-state index contributed by atoms with van der Waals surface area (Å²) in [5.74, 6) is -1.08. The second-order valence-electron chi connectivity index (χ2n) is 3.28. The topological polar surface area (TPSA) is 51.8 Å². The van der Waals surface area contributed by atoms with Gasteiger partial charge in [-0.25, -0.2) is 18.7 Å². The quantitative estimate of drug-likeness (QED) is 0.841. The van der Waals surface area contributed by atoms with Gasteiger partial charge in [0.2, 0.25) is 0 Å². The summed E-state index contributed by atoms with van der Waals surface area (Å²) < 4.78 is 26.4. The van der Waals surface area contributed by atoms with Crippen LogP contribution in [0.1, 0.15) is 17.3 Å². The van der Waals surface area contributed by atoms with E-state index in [0.29, 0.717) is 5.69 Å². The lowest BCUT2D eigenvalue weighted by Gasteiger charge is -2.11. The van der Waals surface area contributed by atoms with Crippen LogP contribution in [0.25, 0.3) is 0 Å². The van der Waals surface area contributed by atoms with Gasteiger partial charge in [0.1, 0.15) is 18.0 Å². The second-order valence-corrected chi connectivity index (χ2v) is 3.28. The Balaban J connectivity index is 2.41. The fraction of sp³-hybridized carbons (Fsp3) is 0.0909. The molecule has 0 aliphatic heterocycles. The van der Waals surface area contributed by atoms with Gasteiger partial charge in [-0.2, -0.15) is 0 Å². The summed E-state index contributed by atoms with van der Waals surface area (Å²) in [4.78, 5) is 7.63. The van der Waals surface area contributed by atoms with Gasteiger partial charge in [0.05, 0.1) is 11.7 Å². The van der Waals surface area contributed by atoms with Crippen LogP contribution in [0, 0.1) is 11.6 Å². The van der Waals surface area contributed by atoms with Crippen molar-refractivity contribution in [1.82, 2.24) is 9.97 Å². The Kier molecular flexibility index (Phi) is 2.87. The van der Waals surface area contributed by atoms with E-state index in [9.17, 15) is 8.78 Å². The highest BCUT2D eigenvalue weighted by atomic mass is 19.1. The van der Waals surface area contributed by atoms with E-state index in [1.165, 1.54) is 12.5 Å². The predicted octanol–water partition coefficient (Wildman–Crippen LogP) is 1.80. The maximum Gasteiger partial charge on any atom is 0.128 e. The zero-order valence-corrected chi connectivity index (χ0v) is 8.27. The molecule has 3 nitrogen and oxygen atoms in total. The third kappa shape index (κ3) is 2.04. The standard InChI is InChI=1S/C11H9F2N3/c12-7-1-2-9(13)8(5-7)11(14)10-3-4-15-6-16-10/h1-6,11H,14H2. The van der Waals surface area contributed by atoms with Gasteiger partial charge in [-0.3, -0.25) is 0 Å². The number of halogens is 2. The number of rotatable bonds is 2. The smallest absolute Gasteiger partial charge is 0.128 e. The van der Waals surface area contributed by atoms with Crippen molar-refractivity contribution in [1.29, 1.82) is 0 Å². The minimum Gasteiger partial charge on any atom is -0.319 e. The molecule has 1 unspecified atom stereocenters. The van der Waals surface area contributed by atoms with Crippen LogP contribution < -0.4 is 5.73 Å². The molecule has 16 heavy (non-hydrogen) atoms.